The lowest BCUT2D eigenvalue weighted by atomic mass is 9.84. The number of amides is 1. The zero-order chi connectivity index (χ0) is 13.9. The van der Waals surface area contributed by atoms with Gasteiger partial charge in [0.25, 0.3) is 0 Å². The Bertz CT molecular complexity index is 454. The zero-order valence-corrected chi connectivity index (χ0v) is 11.1. The lowest BCUT2D eigenvalue weighted by Gasteiger charge is -2.23. The van der Waals surface area contributed by atoms with Crippen LogP contribution in [0.4, 0.5) is 0 Å². The summed E-state index contributed by atoms with van der Waals surface area (Å²) >= 11 is 0. The van der Waals surface area contributed by atoms with Gasteiger partial charge in [-0.1, -0.05) is 6.92 Å². The summed E-state index contributed by atoms with van der Waals surface area (Å²) in [5, 5.41) is 9.29. The van der Waals surface area contributed by atoms with Crippen molar-refractivity contribution in [3.8, 4) is 0 Å². The Hall–Kier alpha value is -1.78. The Morgan fingerprint density at radius 2 is 2.32 bits per heavy atom. The quantitative estimate of drug-likeness (QED) is 0.883. The molecule has 1 saturated heterocycles. The highest BCUT2D eigenvalue weighted by atomic mass is 16.4. The molecule has 5 heteroatoms. The van der Waals surface area contributed by atoms with Crippen molar-refractivity contribution >= 4 is 11.9 Å². The maximum Gasteiger partial charge on any atom is 0.311 e. The van der Waals surface area contributed by atoms with E-state index in [1.807, 2.05) is 13.0 Å². The first kappa shape index (κ1) is 13.6. The van der Waals surface area contributed by atoms with Gasteiger partial charge in [0.2, 0.25) is 5.91 Å². The monoisotopic (exact) mass is 265 g/mol. The number of carbonyl (C=O) groups excluding carboxylic acids is 1. The maximum atomic E-state index is 12.1. The van der Waals surface area contributed by atoms with E-state index >= 15 is 0 Å². The van der Waals surface area contributed by atoms with Gasteiger partial charge in [-0.25, -0.2) is 0 Å². The Morgan fingerprint density at radius 1 is 1.53 bits per heavy atom. The predicted octanol–water partition coefficient (Wildman–Crippen LogP) is 1.93. The Labute approximate surface area is 112 Å². The molecule has 2 rings (SSSR count). The van der Waals surface area contributed by atoms with Crippen LogP contribution in [0.5, 0.6) is 0 Å². The van der Waals surface area contributed by atoms with Crippen molar-refractivity contribution < 1.29 is 19.1 Å². The van der Waals surface area contributed by atoms with Crippen molar-refractivity contribution in [2.45, 2.75) is 32.6 Å². The van der Waals surface area contributed by atoms with Crippen LogP contribution in [0.25, 0.3) is 0 Å². The second-order valence-corrected chi connectivity index (χ2v) is 5.08. The van der Waals surface area contributed by atoms with E-state index in [0.717, 1.165) is 5.76 Å². The summed E-state index contributed by atoms with van der Waals surface area (Å²) < 4.78 is 5.18. The smallest absolute Gasteiger partial charge is 0.311 e. The van der Waals surface area contributed by atoms with Crippen LogP contribution in [0, 0.1) is 5.41 Å². The summed E-state index contributed by atoms with van der Waals surface area (Å²) in [7, 11) is 0. The molecule has 2 heterocycles. The fraction of sp³-hybridized carbons (Fsp3) is 0.571. The first-order valence-corrected chi connectivity index (χ1v) is 6.61. The highest BCUT2D eigenvalue weighted by molar-refractivity contribution is 5.80. The average molecular weight is 265 g/mol. The van der Waals surface area contributed by atoms with E-state index in [2.05, 4.69) is 0 Å². The average Bonchev–Trinajstić information content (AvgIpc) is 3.05. The molecule has 1 aliphatic heterocycles. The van der Waals surface area contributed by atoms with Gasteiger partial charge in [-0.3, -0.25) is 9.59 Å². The molecule has 0 aromatic carbocycles. The number of carbonyl (C=O) groups is 2. The highest BCUT2D eigenvalue weighted by Crippen LogP contribution is 2.34. The molecule has 1 aromatic heterocycles. The predicted molar refractivity (Wildman–Crippen MR) is 68.6 cm³/mol. The van der Waals surface area contributed by atoms with E-state index in [9.17, 15) is 14.7 Å². The number of aryl methyl sites for hydroxylation is 1. The number of likely N-dealkylation sites (tertiary alicyclic amines) is 1. The van der Waals surface area contributed by atoms with Gasteiger partial charge in [0.15, 0.2) is 0 Å². The lowest BCUT2D eigenvalue weighted by molar-refractivity contribution is -0.148. The van der Waals surface area contributed by atoms with Crippen LogP contribution in [0.2, 0.25) is 0 Å². The van der Waals surface area contributed by atoms with Gasteiger partial charge in [0.1, 0.15) is 5.76 Å². The van der Waals surface area contributed by atoms with E-state index in [-0.39, 0.29) is 5.91 Å². The van der Waals surface area contributed by atoms with E-state index in [4.69, 9.17) is 4.42 Å². The Kier molecular flexibility index (Phi) is 3.93. The van der Waals surface area contributed by atoms with Crippen LogP contribution in [0.3, 0.4) is 0 Å². The third-order valence-electron chi connectivity index (χ3n) is 4.00. The summed E-state index contributed by atoms with van der Waals surface area (Å²) in [6, 6.07) is 3.63. The van der Waals surface area contributed by atoms with Crippen LogP contribution in [-0.4, -0.2) is 35.0 Å². The van der Waals surface area contributed by atoms with E-state index < -0.39 is 11.4 Å². The molecule has 104 valence electrons. The second-order valence-electron chi connectivity index (χ2n) is 5.08. The normalized spacial score (nSPS) is 22.7. The molecule has 1 N–H and O–H groups in total. The van der Waals surface area contributed by atoms with Crippen molar-refractivity contribution in [2.75, 3.05) is 13.1 Å². The third-order valence-corrected chi connectivity index (χ3v) is 4.00. The van der Waals surface area contributed by atoms with Crippen LogP contribution in [0.15, 0.2) is 22.8 Å². The number of furan rings is 1. The largest absolute Gasteiger partial charge is 0.481 e. The standard InChI is InChI=1S/C14H19NO4/c1-2-14(13(17)18)7-8-15(10-14)12(16)6-5-11-4-3-9-19-11/h3-4,9H,2,5-8,10H2,1H3,(H,17,18). The molecule has 1 aliphatic rings. The topological polar surface area (TPSA) is 70.8 Å². The lowest BCUT2D eigenvalue weighted by Crippen LogP contribution is -2.36. The molecule has 0 saturated carbocycles. The molecule has 1 fully saturated rings. The zero-order valence-electron chi connectivity index (χ0n) is 11.1. The van der Waals surface area contributed by atoms with Crippen molar-refractivity contribution in [1.29, 1.82) is 0 Å². The van der Waals surface area contributed by atoms with Gasteiger partial charge < -0.3 is 14.4 Å². The molecule has 1 unspecified atom stereocenters. The van der Waals surface area contributed by atoms with Gasteiger partial charge >= 0.3 is 5.97 Å². The molecule has 0 aliphatic carbocycles. The highest BCUT2D eigenvalue weighted by Gasteiger charge is 2.44. The van der Waals surface area contributed by atoms with Crippen molar-refractivity contribution in [3.63, 3.8) is 0 Å². The van der Waals surface area contributed by atoms with Crippen molar-refractivity contribution in [1.82, 2.24) is 4.90 Å². The fourth-order valence-corrected chi connectivity index (χ4v) is 2.54. The third kappa shape index (κ3) is 2.80. The molecule has 1 aromatic rings. The number of aliphatic carboxylic acids is 1. The van der Waals surface area contributed by atoms with Crippen molar-refractivity contribution in [3.05, 3.63) is 24.2 Å². The number of hydrogen-bond donors (Lipinski definition) is 1. The van der Waals surface area contributed by atoms with Crippen LogP contribution in [0.1, 0.15) is 31.9 Å². The van der Waals surface area contributed by atoms with Crippen LogP contribution >= 0.6 is 0 Å². The van der Waals surface area contributed by atoms with Gasteiger partial charge in [0.05, 0.1) is 11.7 Å². The number of carboxylic acid groups (broad SMARTS) is 1. The Morgan fingerprint density at radius 3 is 2.84 bits per heavy atom. The second kappa shape index (κ2) is 5.47. The fourth-order valence-electron chi connectivity index (χ4n) is 2.54. The first-order valence-electron chi connectivity index (χ1n) is 6.61. The molecule has 0 spiro atoms. The number of hydrogen-bond acceptors (Lipinski definition) is 3. The van der Waals surface area contributed by atoms with E-state index in [0.29, 0.717) is 38.8 Å². The minimum Gasteiger partial charge on any atom is -0.481 e. The number of rotatable bonds is 5. The summed E-state index contributed by atoms with van der Waals surface area (Å²) in [5.74, 6) is -0.00292. The molecule has 5 nitrogen and oxygen atoms in total. The maximum absolute atomic E-state index is 12.1. The minimum absolute atomic E-state index is 0.00738. The van der Waals surface area contributed by atoms with Crippen molar-refractivity contribution in [2.24, 2.45) is 5.41 Å². The molecular formula is C14H19NO4. The molecular weight excluding hydrogens is 246 g/mol. The van der Waals surface area contributed by atoms with Gasteiger partial charge in [-0.2, -0.15) is 0 Å². The molecule has 19 heavy (non-hydrogen) atoms. The first-order chi connectivity index (χ1) is 9.07. The summed E-state index contributed by atoms with van der Waals surface area (Å²) in [4.78, 5) is 25.0. The molecule has 1 atom stereocenters. The van der Waals surface area contributed by atoms with Gasteiger partial charge in [-0.05, 0) is 25.0 Å². The minimum atomic E-state index is -0.795. The van der Waals surface area contributed by atoms with Crippen LogP contribution < -0.4 is 0 Å². The van der Waals surface area contributed by atoms with E-state index in [1.54, 1.807) is 17.2 Å². The van der Waals surface area contributed by atoms with Gasteiger partial charge in [0, 0.05) is 25.9 Å². The number of carboxylic acids is 1. The Balaban J connectivity index is 1.89. The summed E-state index contributed by atoms with van der Waals surface area (Å²) in [6.45, 7) is 2.73. The molecule has 1 amide bonds. The summed E-state index contributed by atoms with van der Waals surface area (Å²) in [6.07, 6.45) is 3.62. The van der Waals surface area contributed by atoms with Gasteiger partial charge in [-0.15, -0.1) is 0 Å². The summed E-state index contributed by atoms with van der Waals surface area (Å²) in [5.41, 5.74) is -0.750. The van der Waals surface area contributed by atoms with Crippen LogP contribution in [-0.2, 0) is 16.0 Å². The number of nitrogens with zero attached hydrogens (tertiary/aromatic N) is 1. The molecule has 0 bridgehead atoms. The van der Waals surface area contributed by atoms with E-state index in [1.165, 1.54) is 0 Å². The molecule has 0 radical (unpaired) electrons. The SMILES string of the molecule is CCC1(C(=O)O)CCN(C(=O)CCc2ccco2)C1.